The smallest absolute Gasteiger partial charge is 0.136 e. The standard InChI is InChI=1S/C44H28O/c1-3-13-29(14-4-1)30-23-25-32(26-24-30)41-33-17-7-9-19-35(33)43(36-20-10-8-18-34(36)41)38-27-28-40-44(37-21-11-12-22-39(37)45-40)42(38)31-15-5-2-6-16-31/h1-28H/i7D,8D,9D,10D,17D,18D,19D,20D. The Kier molecular flexibility index (Phi) is 4.30. The number of rotatable bonds is 4. The van der Waals surface area contributed by atoms with Crippen molar-refractivity contribution in [2.45, 2.75) is 0 Å². The predicted octanol–water partition coefficient (Wildman–Crippen LogP) is 12.6. The van der Waals surface area contributed by atoms with Crippen LogP contribution in [0, 0.1) is 0 Å². The van der Waals surface area contributed by atoms with Gasteiger partial charge in [-0.05, 0) is 78.7 Å². The maximum atomic E-state index is 9.45. The van der Waals surface area contributed by atoms with Crippen LogP contribution in [0.1, 0.15) is 11.0 Å². The maximum absolute atomic E-state index is 9.45. The fraction of sp³-hybridized carbons (Fsp3) is 0. The molecule has 9 rings (SSSR count). The van der Waals surface area contributed by atoms with E-state index in [1.165, 1.54) is 0 Å². The molecular formula is C44H28O. The van der Waals surface area contributed by atoms with Gasteiger partial charge in [0.15, 0.2) is 0 Å². The molecule has 0 saturated carbocycles. The van der Waals surface area contributed by atoms with Gasteiger partial charge in [0.25, 0.3) is 0 Å². The first kappa shape index (κ1) is 18.7. The highest BCUT2D eigenvalue weighted by atomic mass is 16.3. The Morgan fingerprint density at radius 3 is 1.49 bits per heavy atom. The zero-order valence-electron chi connectivity index (χ0n) is 32.0. The highest BCUT2D eigenvalue weighted by molar-refractivity contribution is 6.25. The molecule has 0 unspecified atom stereocenters. The van der Waals surface area contributed by atoms with Crippen LogP contribution in [0.4, 0.5) is 0 Å². The van der Waals surface area contributed by atoms with Crippen LogP contribution in [0.3, 0.4) is 0 Å². The summed E-state index contributed by atoms with van der Waals surface area (Å²) in [5.41, 5.74) is 6.44. The monoisotopic (exact) mass is 580 g/mol. The van der Waals surface area contributed by atoms with E-state index in [1.54, 1.807) is 0 Å². The fourth-order valence-corrected chi connectivity index (χ4v) is 6.57. The van der Waals surface area contributed by atoms with E-state index in [9.17, 15) is 5.48 Å². The molecule has 0 bridgehead atoms. The average molecular weight is 581 g/mol. The summed E-state index contributed by atoms with van der Waals surface area (Å²) in [6, 6.07) is 35.4. The Morgan fingerprint density at radius 2 is 0.844 bits per heavy atom. The van der Waals surface area contributed by atoms with E-state index < -0.39 is 24.2 Å². The minimum Gasteiger partial charge on any atom is -0.456 e. The van der Waals surface area contributed by atoms with Gasteiger partial charge in [-0.1, -0.05) is 151 Å². The van der Waals surface area contributed by atoms with Gasteiger partial charge in [0, 0.05) is 16.3 Å². The molecule has 0 saturated heterocycles. The van der Waals surface area contributed by atoms with Crippen molar-refractivity contribution in [2.24, 2.45) is 0 Å². The van der Waals surface area contributed by atoms with Crippen LogP contribution in [-0.4, -0.2) is 0 Å². The number of furan rings is 1. The first-order chi connectivity index (χ1) is 25.7. The molecule has 0 N–H and O–H groups in total. The van der Waals surface area contributed by atoms with Crippen LogP contribution in [0.5, 0.6) is 0 Å². The second-order valence-electron chi connectivity index (χ2n) is 11.0. The number of hydrogen-bond acceptors (Lipinski definition) is 1. The van der Waals surface area contributed by atoms with Crippen molar-refractivity contribution in [3.05, 3.63) is 170 Å². The molecular weight excluding hydrogens is 544 g/mol. The van der Waals surface area contributed by atoms with E-state index >= 15 is 0 Å². The van der Waals surface area contributed by atoms with E-state index in [0.29, 0.717) is 33.4 Å². The molecule has 1 aromatic heterocycles. The van der Waals surface area contributed by atoms with Crippen LogP contribution >= 0.6 is 0 Å². The van der Waals surface area contributed by atoms with Crippen molar-refractivity contribution in [3.63, 3.8) is 0 Å². The lowest BCUT2D eigenvalue weighted by Gasteiger charge is -2.20. The van der Waals surface area contributed by atoms with Gasteiger partial charge in [0.1, 0.15) is 11.2 Å². The minimum atomic E-state index is -0.439. The molecule has 0 atom stereocenters. The minimum absolute atomic E-state index is 0.167. The van der Waals surface area contributed by atoms with Gasteiger partial charge < -0.3 is 4.42 Å². The van der Waals surface area contributed by atoms with Gasteiger partial charge in [-0.25, -0.2) is 0 Å². The van der Waals surface area contributed by atoms with E-state index in [4.69, 9.17) is 9.90 Å². The topological polar surface area (TPSA) is 13.1 Å². The van der Waals surface area contributed by atoms with Crippen LogP contribution in [0.2, 0.25) is 0 Å². The Morgan fingerprint density at radius 1 is 0.356 bits per heavy atom. The zero-order chi connectivity index (χ0) is 36.7. The molecule has 0 aliphatic heterocycles. The fourth-order valence-electron chi connectivity index (χ4n) is 6.57. The molecule has 0 aliphatic rings. The third-order valence-electron chi connectivity index (χ3n) is 8.53. The Balaban J connectivity index is 1.53. The number of hydrogen-bond donors (Lipinski definition) is 0. The van der Waals surface area contributed by atoms with Crippen molar-refractivity contribution in [1.82, 2.24) is 0 Å². The lowest BCUT2D eigenvalue weighted by Crippen LogP contribution is -1.93. The normalized spacial score (nSPS) is 14.0. The molecule has 9 aromatic rings. The van der Waals surface area contributed by atoms with Crippen molar-refractivity contribution in [2.75, 3.05) is 0 Å². The lowest BCUT2D eigenvalue weighted by molar-refractivity contribution is 0.669. The second kappa shape index (κ2) is 10.4. The first-order valence-corrected chi connectivity index (χ1v) is 14.8. The van der Waals surface area contributed by atoms with E-state index in [2.05, 4.69) is 0 Å². The van der Waals surface area contributed by atoms with Crippen LogP contribution in [0.25, 0.3) is 88.0 Å². The molecule has 0 amide bonds. The molecule has 0 spiro atoms. The molecule has 1 heteroatoms. The Labute approximate surface area is 272 Å². The third kappa shape index (κ3) is 4.09. The number of benzene rings is 8. The zero-order valence-corrected chi connectivity index (χ0v) is 24.0. The lowest BCUT2D eigenvalue weighted by atomic mass is 9.82. The van der Waals surface area contributed by atoms with Crippen LogP contribution in [0.15, 0.2) is 174 Å². The van der Waals surface area contributed by atoms with Crippen LogP contribution < -0.4 is 0 Å². The molecule has 1 nitrogen and oxygen atoms in total. The van der Waals surface area contributed by atoms with Gasteiger partial charge in [0.2, 0.25) is 0 Å². The summed E-state index contributed by atoms with van der Waals surface area (Å²) in [5, 5.41) is 2.31. The van der Waals surface area contributed by atoms with E-state index in [1.807, 2.05) is 121 Å². The summed E-state index contributed by atoms with van der Waals surface area (Å²) in [6.07, 6.45) is 0. The summed E-state index contributed by atoms with van der Waals surface area (Å²) in [7, 11) is 0. The molecule has 0 radical (unpaired) electrons. The van der Waals surface area contributed by atoms with Gasteiger partial charge in [-0.3, -0.25) is 0 Å². The highest BCUT2D eigenvalue weighted by Gasteiger charge is 2.22. The van der Waals surface area contributed by atoms with Gasteiger partial charge in [-0.2, -0.15) is 0 Å². The Bertz CT molecular complexity index is 2870. The first-order valence-electron chi connectivity index (χ1n) is 18.8. The average Bonchev–Trinajstić information content (AvgIpc) is 3.58. The molecule has 0 aliphatic carbocycles. The van der Waals surface area contributed by atoms with Crippen LogP contribution in [-0.2, 0) is 0 Å². The van der Waals surface area contributed by atoms with Crippen molar-refractivity contribution < 1.29 is 15.4 Å². The molecule has 1 heterocycles. The summed E-state index contributed by atoms with van der Waals surface area (Å²) in [5.74, 6) is 0. The van der Waals surface area contributed by atoms with Gasteiger partial charge >= 0.3 is 0 Å². The third-order valence-corrected chi connectivity index (χ3v) is 8.53. The van der Waals surface area contributed by atoms with E-state index in [0.717, 1.165) is 33.0 Å². The van der Waals surface area contributed by atoms with E-state index in [-0.39, 0.29) is 45.7 Å². The van der Waals surface area contributed by atoms with Gasteiger partial charge in [-0.15, -0.1) is 0 Å². The molecule has 8 aromatic carbocycles. The predicted molar refractivity (Wildman–Crippen MR) is 190 cm³/mol. The summed E-state index contributed by atoms with van der Waals surface area (Å²) >= 11 is 0. The largest absolute Gasteiger partial charge is 0.456 e. The van der Waals surface area contributed by atoms with Crippen molar-refractivity contribution in [3.8, 4) is 44.5 Å². The number of para-hydroxylation sites is 1. The van der Waals surface area contributed by atoms with Crippen molar-refractivity contribution >= 4 is 43.5 Å². The summed E-state index contributed by atoms with van der Waals surface area (Å²) in [4.78, 5) is 0. The second-order valence-corrected chi connectivity index (χ2v) is 11.0. The quantitative estimate of drug-likeness (QED) is 0.189. The maximum Gasteiger partial charge on any atom is 0.136 e. The summed E-state index contributed by atoms with van der Waals surface area (Å²) in [6.45, 7) is 0. The highest BCUT2D eigenvalue weighted by Crippen LogP contribution is 2.49. The number of fused-ring (bicyclic) bond motifs is 5. The Hall–Kier alpha value is -5.92. The SMILES string of the molecule is [2H]c1c([2H])c([2H])c2c(-c3ccc4oc5ccccc5c4c3-c3ccccc3)c3c([2H])c([2H])c([2H])c([2H])c3c(-c3ccc(-c4ccccc4)cc3)c2c1[2H]. The molecule has 0 fully saturated rings. The van der Waals surface area contributed by atoms with Crippen molar-refractivity contribution in [1.29, 1.82) is 0 Å². The molecule has 210 valence electrons. The summed E-state index contributed by atoms with van der Waals surface area (Å²) < 4.78 is 79.4. The molecule has 45 heavy (non-hydrogen) atoms. The van der Waals surface area contributed by atoms with Gasteiger partial charge in [0.05, 0.1) is 11.0 Å².